The highest BCUT2D eigenvalue weighted by atomic mass is 35.5. The average Bonchev–Trinajstić information content (AvgIpc) is 2.75. The Morgan fingerprint density at radius 3 is 2.68 bits per heavy atom. The third-order valence-electron chi connectivity index (χ3n) is 3.96. The van der Waals surface area contributed by atoms with Crippen LogP contribution in [0.15, 0.2) is 18.2 Å². The highest BCUT2D eigenvalue weighted by Gasteiger charge is 2.35. The van der Waals surface area contributed by atoms with Crippen molar-refractivity contribution >= 4 is 18.3 Å². The first-order chi connectivity index (χ1) is 8.45. The second kappa shape index (κ2) is 5.93. The van der Waals surface area contributed by atoms with Crippen molar-refractivity contribution in [3.63, 3.8) is 0 Å². The molecule has 3 nitrogen and oxygen atoms in total. The van der Waals surface area contributed by atoms with Gasteiger partial charge in [-0.05, 0) is 43.9 Å². The topological polar surface area (TPSA) is 46.3 Å². The van der Waals surface area contributed by atoms with E-state index in [1.807, 2.05) is 36.9 Å². The second-order valence-electron chi connectivity index (χ2n) is 5.81. The Bertz CT molecular complexity index is 475. The summed E-state index contributed by atoms with van der Waals surface area (Å²) >= 11 is 0. The molecule has 1 saturated heterocycles. The summed E-state index contributed by atoms with van der Waals surface area (Å²) in [4.78, 5) is 14.4. The highest BCUT2D eigenvalue weighted by Crippen LogP contribution is 2.29. The molecule has 1 aromatic carbocycles. The number of likely N-dealkylation sites (tertiary alicyclic amines) is 1. The Balaban J connectivity index is 0.00000180. The molecule has 0 aliphatic carbocycles. The van der Waals surface area contributed by atoms with Gasteiger partial charge in [-0.15, -0.1) is 12.4 Å². The van der Waals surface area contributed by atoms with E-state index < -0.39 is 0 Å². The lowest BCUT2D eigenvalue weighted by molar-refractivity contribution is 0.0776. The summed E-state index contributed by atoms with van der Waals surface area (Å²) in [6, 6.07) is 6.04. The number of nitrogens with zero attached hydrogens (tertiary/aromatic N) is 1. The summed E-state index contributed by atoms with van der Waals surface area (Å²) < 4.78 is 0. The van der Waals surface area contributed by atoms with Gasteiger partial charge in [0.05, 0.1) is 0 Å². The van der Waals surface area contributed by atoms with Gasteiger partial charge in [-0.1, -0.05) is 24.6 Å². The van der Waals surface area contributed by atoms with E-state index in [2.05, 4.69) is 6.92 Å². The lowest BCUT2D eigenvalue weighted by Crippen LogP contribution is -2.34. The largest absolute Gasteiger partial charge is 0.338 e. The number of carbonyl (C=O) groups excluding carboxylic acids is 1. The van der Waals surface area contributed by atoms with E-state index in [9.17, 15) is 4.79 Å². The number of rotatable bonds is 2. The van der Waals surface area contributed by atoms with Gasteiger partial charge in [-0.2, -0.15) is 0 Å². The zero-order valence-corrected chi connectivity index (χ0v) is 12.7. The van der Waals surface area contributed by atoms with E-state index in [0.717, 1.165) is 36.2 Å². The molecule has 19 heavy (non-hydrogen) atoms. The van der Waals surface area contributed by atoms with E-state index in [1.54, 1.807) is 0 Å². The van der Waals surface area contributed by atoms with Crippen LogP contribution in [0.5, 0.6) is 0 Å². The summed E-state index contributed by atoms with van der Waals surface area (Å²) in [5, 5.41) is 0. The normalized spacial score (nSPS) is 22.2. The van der Waals surface area contributed by atoms with Crippen molar-refractivity contribution in [1.82, 2.24) is 4.90 Å². The number of halogens is 1. The van der Waals surface area contributed by atoms with Crippen molar-refractivity contribution in [2.24, 2.45) is 11.1 Å². The molecule has 1 unspecified atom stereocenters. The molecule has 0 radical (unpaired) electrons. The summed E-state index contributed by atoms with van der Waals surface area (Å²) in [7, 11) is 0. The molecule has 0 aromatic heterocycles. The summed E-state index contributed by atoms with van der Waals surface area (Å²) in [6.07, 6.45) is 1.00. The van der Waals surface area contributed by atoms with E-state index in [4.69, 9.17) is 5.73 Å². The maximum Gasteiger partial charge on any atom is 0.254 e. The molecule has 2 rings (SSSR count). The molecule has 1 amide bonds. The quantitative estimate of drug-likeness (QED) is 0.906. The molecule has 1 heterocycles. The predicted octanol–water partition coefficient (Wildman–Crippen LogP) is 2.54. The Labute approximate surface area is 121 Å². The predicted molar refractivity (Wildman–Crippen MR) is 80.8 cm³/mol. The van der Waals surface area contributed by atoms with Crippen LogP contribution in [0.2, 0.25) is 0 Å². The third-order valence-corrected chi connectivity index (χ3v) is 3.96. The molecule has 2 N–H and O–H groups in total. The minimum Gasteiger partial charge on any atom is -0.338 e. The van der Waals surface area contributed by atoms with Gasteiger partial charge in [-0.25, -0.2) is 0 Å². The highest BCUT2D eigenvalue weighted by molar-refractivity contribution is 5.96. The first-order valence-corrected chi connectivity index (χ1v) is 6.52. The molecule has 4 heteroatoms. The van der Waals surface area contributed by atoms with E-state index in [0.29, 0.717) is 6.54 Å². The van der Waals surface area contributed by atoms with Gasteiger partial charge >= 0.3 is 0 Å². The SMILES string of the molecule is Cc1ccc(C)c(C(=O)N2CCC(C)(CN)C2)c1.Cl. The zero-order chi connectivity index (χ0) is 13.3. The number of carbonyl (C=O) groups is 1. The number of benzene rings is 1. The average molecular weight is 283 g/mol. The molecule has 0 bridgehead atoms. The van der Waals surface area contributed by atoms with Crippen LogP contribution in [0, 0.1) is 19.3 Å². The van der Waals surface area contributed by atoms with Crippen LogP contribution >= 0.6 is 12.4 Å². The van der Waals surface area contributed by atoms with E-state index >= 15 is 0 Å². The number of hydrogen-bond acceptors (Lipinski definition) is 2. The Kier molecular flexibility index (Phi) is 4.99. The zero-order valence-electron chi connectivity index (χ0n) is 11.9. The number of nitrogens with two attached hydrogens (primary N) is 1. The minimum atomic E-state index is 0. The maximum absolute atomic E-state index is 12.5. The van der Waals surface area contributed by atoms with Gasteiger partial charge in [0.2, 0.25) is 0 Å². The molecule has 1 aliphatic rings. The van der Waals surface area contributed by atoms with Crippen molar-refractivity contribution in [2.45, 2.75) is 27.2 Å². The van der Waals surface area contributed by atoms with Crippen molar-refractivity contribution in [1.29, 1.82) is 0 Å². The van der Waals surface area contributed by atoms with Crippen LogP contribution in [0.4, 0.5) is 0 Å². The molecule has 1 aromatic rings. The van der Waals surface area contributed by atoms with Crippen molar-refractivity contribution in [3.05, 3.63) is 34.9 Å². The standard InChI is InChI=1S/C15H22N2O.ClH/c1-11-4-5-12(2)13(8-11)14(18)17-7-6-15(3,9-16)10-17;/h4-5,8H,6-7,9-10,16H2,1-3H3;1H. The fourth-order valence-corrected chi connectivity index (χ4v) is 2.50. The Morgan fingerprint density at radius 2 is 2.11 bits per heavy atom. The van der Waals surface area contributed by atoms with Gasteiger partial charge in [0.1, 0.15) is 0 Å². The fraction of sp³-hybridized carbons (Fsp3) is 0.533. The minimum absolute atomic E-state index is 0. The van der Waals surface area contributed by atoms with Crippen LogP contribution in [-0.2, 0) is 0 Å². The van der Waals surface area contributed by atoms with Gasteiger partial charge in [0, 0.05) is 18.7 Å². The van der Waals surface area contributed by atoms with Gasteiger partial charge in [0.15, 0.2) is 0 Å². The molecular formula is C15H23ClN2O. The van der Waals surface area contributed by atoms with E-state index in [1.165, 1.54) is 0 Å². The second-order valence-corrected chi connectivity index (χ2v) is 5.81. The van der Waals surface area contributed by atoms with Crippen LogP contribution in [-0.4, -0.2) is 30.4 Å². The van der Waals surface area contributed by atoms with Gasteiger partial charge < -0.3 is 10.6 Å². The Morgan fingerprint density at radius 1 is 1.42 bits per heavy atom. The van der Waals surface area contributed by atoms with Crippen LogP contribution in [0.25, 0.3) is 0 Å². The van der Waals surface area contributed by atoms with Crippen LogP contribution in [0.3, 0.4) is 0 Å². The molecule has 1 fully saturated rings. The first-order valence-electron chi connectivity index (χ1n) is 6.52. The molecule has 0 saturated carbocycles. The lowest BCUT2D eigenvalue weighted by Gasteiger charge is -2.23. The monoisotopic (exact) mass is 282 g/mol. The van der Waals surface area contributed by atoms with Gasteiger partial charge in [-0.3, -0.25) is 4.79 Å². The summed E-state index contributed by atoms with van der Waals surface area (Å²) in [5.41, 5.74) is 8.88. The smallest absolute Gasteiger partial charge is 0.254 e. The Hall–Kier alpha value is -1.06. The molecular weight excluding hydrogens is 260 g/mol. The fourth-order valence-electron chi connectivity index (χ4n) is 2.50. The molecule has 1 atom stereocenters. The third kappa shape index (κ3) is 3.28. The van der Waals surface area contributed by atoms with Gasteiger partial charge in [0.25, 0.3) is 5.91 Å². The maximum atomic E-state index is 12.5. The molecule has 0 spiro atoms. The van der Waals surface area contributed by atoms with Crippen molar-refractivity contribution in [2.75, 3.05) is 19.6 Å². The number of amides is 1. The first kappa shape index (κ1) is 16.0. The van der Waals surface area contributed by atoms with E-state index in [-0.39, 0.29) is 23.7 Å². The van der Waals surface area contributed by atoms with Crippen molar-refractivity contribution in [3.8, 4) is 0 Å². The summed E-state index contributed by atoms with van der Waals surface area (Å²) in [5.74, 6) is 0.147. The summed E-state index contributed by atoms with van der Waals surface area (Å²) in [6.45, 7) is 8.40. The molecule has 1 aliphatic heterocycles. The molecule has 106 valence electrons. The van der Waals surface area contributed by atoms with Crippen molar-refractivity contribution < 1.29 is 4.79 Å². The van der Waals surface area contributed by atoms with Crippen LogP contribution < -0.4 is 5.73 Å². The number of hydrogen-bond donors (Lipinski definition) is 1. The lowest BCUT2D eigenvalue weighted by atomic mass is 9.90. The van der Waals surface area contributed by atoms with Crippen LogP contribution in [0.1, 0.15) is 34.8 Å². The number of aryl methyl sites for hydroxylation is 2.